The zero-order valence-electron chi connectivity index (χ0n) is 13.1. The van der Waals surface area contributed by atoms with Crippen molar-refractivity contribution in [2.45, 2.75) is 13.1 Å². The highest BCUT2D eigenvalue weighted by Gasteiger charge is 2.08. The van der Waals surface area contributed by atoms with Gasteiger partial charge in [-0.25, -0.2) is 0 Å². The number of aliphatic hydroxyl groups excluding tert-OH is 4. The van der Waals surface area contributed by atoms with Gasteiger partial charge in [0, 0.05) is 39.3 Å². The quantitative estimate of drug-likeness (QED) is 0.407. The maximum absolute atomic E-state index is 9.06. The lowest BCUT2D eigenvalue weighted by atomic mass is 10.1. The van der Waals surface area contributed by atoms with Crippen LogP contribution in [0.5, 0.6) is 0 Å². The Balaban J connectivity index is 2.67. The van der Waals surface area contributed by atoms with E-state index < -0.39 is 0 Å². The van der Waals surface area contributed by atoms with Crippen molar-refractivity contribution >= 4 is 0 Å². The lowest BCUT2D eigenvalue weighted by Gasteiger charge is -2.22. The lowest BCUT2D eigenvalue weighted by Crippen LogP contribution is -2.30. The fourth-order valence-electron chi connectivity index (χ4n) is 2.45. The molecule has 0 aromatic heterocycles. The Morgan fingerprint density at radius 3 is 1.32 bits per heavy atom. The van der Waals surface area contributed by atoms with Crippen molar-refractivity contribution in [1.82, 2.24) is 9.80 Å². The second-order valence-electron chi connectivity index (χ2n) is 5.27. The fraction of sp³-hybridized carbons (Fsp3) is 0.625. The molecular weight excluding hydrogens is 284 g/mol. The van der Waals surface area contributed by atoms with Crippen LogP contribution in [-0.4, -0.2) is 82.8 Å². The molecule has 0 aliphatic carbocycles. The number of hydrogen-bond donors (Lipinski definition) is 4. The summed E-state index contributed by atoms with van der Waals surface area (Å²) in [5.74, 6) is 0. The number of nitrogens with zero attached hydrogens (tertiary/aromatic N) is 2. The van der Waals surface area contributed by atoms with Crippen LogP contribution in [0.3, 0.4) is 0 Å². The molecule has 6 nitrogen and oxygen atoms in total. The normalized spacial score (nSPS) is 11.5. The van der Waals surface area contributed by atoms with E-state index in [0.717, 1.165) is 11.1 Å². The molecule has 0 aliphatic heterocycles. The Kier molecular flexibility index (Phi) is 9.98. The van der Waals surface area contributed by atoms with Gasteiger partial charge in [-0.3, -0.25) is 9.80 Å². The molecule has 1 rings (SSSR count). The van der Waals surface area contributed by atoms with Crippen LogP contribution in [0.2, 0.25) is 0 Å². The van der Waals surface area contributed by atoms with Gasteiger partial charge in [0.15, 0.2) is 0 Å². The second kappa shape index (κ2) is 11.5. The van der Waals surface area contributed by atoms with Crippen LogP contribution in [0.15, 0.2) is 24.3 Å². The first-order valence-corrected chi connectivity index (χ1v) is 7.69. The fourth-order valence-corrected chi connectivity index (χ4v) is 2.45. The van der Waals surface area contributed by atoms with Crippen molar-refractivity contribution in [1.29, 1.82) is 0 Å². The average Bonchev–Trinajstić information content (AvgIpc) is 2.49. The molecule has 0 amide bonds. The van der Waals surface area contributed by atoms with Gasteiger partial charge in [-0.1, -0.05) is 24.3 Å². The summed E-state index contributed by atoms with van der Waals surface area (Å²) in [4.78, 5) is 4.00. The van der Waals surface area contributed by atoms with Gasteiger partial charge < -0.3 is 20.4 Å². The molecule has 0 spiro atoms. The first kappa shape index (κ1) is 19.0. The van der Waals surface area contributed by atoms with Gasteiger partial charge in [-0.2, -0.15) is 0 Å². The number of rotatable bonds is 12. The minimum absolute atomic E-state index is 0.0699. The maximum Gasteiger partial charge on any atom is 0.0558 e. The number of hydrogen-bond acceptors (Lipinski definition) is 6. The Hall–Kier alpha value is -1.02. The molecule has 126 valence electrons. The van der Waals surface area contributed by atoms with Gasteiger partial charge >= 0.3 is 0 Å². The van der Waals surface area contributed by atoms with E-state index in [1.807, 2.05) is 28.0 Å². The van der Waals surface area contributed by atoms with E-state index >= 15 is 0 Å². The third-order valence-corrected chi connectivity index (χ3v) is 3.47. The molecule has 4 N–H and O–H groups in total. The standard InChI is InChI=1S/C16H28N2O4/c19-8-4-17(5-9-20)13-15-2-1-3-16(12-15)14-18(6-10-21)7-11-22/h1-3,12,19-22H,4-11,13-14H2. The van der Waals surface area contributed by atoms with E-state index in [0.29, 0.717) is 39.3 Å². The van der Waals surface area contributed by atoms with Crippen LogP contribution in [0.25, 0.3) is 0 Å². The molecular formula is C16H28N2O4. The summed E-state index contributed by atoms with van der Waals surface area (Å²) in [7, 11) is 0. The second-order valence-corrected chi connectivity index (χ2v) is 5.27. The molecule has 0 saturated carbocycles. The van der Waals surface area contributed by atoms with Gasteiger partial charge in [-0.15, -0.1) is 0 Å². The molecule has 0 bridgehead atoms. The van der Waals surface area contributed by atoms with Crippen molar-refractivity contribution < 1.29 is 20.4 Å². The van der Waals surface area contributed by atoms with E-state index in [4.69, 9.17) is 20.4 Å². The summed E-state index contributed by atoms with van der Waals surface area (Å²) >= 11 is 0. The smallest absolute Gasteiger partial charge is 0.0558 e. The van der Waals surface area contributed by atoms with Gasteiger partial charge in [0.2, 0.25) is 0 Å². The topological polar surface area (TPSA) is 87.4 Å². The van der Waals surface area contributed by atoms with Crippen LogP contribution < -0.4 is 0 Å². The van der Waals surface area contributed by atoms with Crippen LogP contribution in [0.1, 0.15) is 11.1 Å². The first-order valence-electron chi connectivity index (χ1n) is 7.69. The van der Waals surface area contributed by atoms with Crippen molar-refractivity contribution in [2.24, 2.45) is 0 Å². The van der Waals surface area contributed by atoms with E-state index in [9.17, 15) is 0 Å². The zero-order chi connectivity index (χ0) is 16.2. The molecule has 6 heteroatoms. The van der Waals surface area contributed by atoms with E-state index in [-0.39, 0.29) is 26.4 Å². The highest BCUT2D eigenvalue weighted by molar-refractivity contribution is 5.23. The minimum atomic E-state index is 0.0699. The van der Waals surface area contributed by atoms with E-state index in [1.165, 1.54) is 0 Å². The predicted molar refractivity (Wildman–Crippen MR) is 85.3 cm³/mol. The Labute approximate surface area is 132 Å². The van der Waals surface area contributed by atoms with Crippen LogP contribution >= 0.6 is 0 Å². The summed E-state index contributed by atoms with van der Waals surface area (Å²) in [6.07, 6.45) is 0. The van der Waals surface area contributed by atoms with Gasteiger partial charge in [0.25, 0.3) is 0 Å². The number of benzene rings is 1. The van der Waals surface area contributed by atoms with Crippen LogP contribution in [0.4, 0.5) is 0 Å². The maximum atomic E-state index is 9.06. The van der Waals surface area contributed by atoms with Crippen molar-refractivity contribution in [3.05, 3.63) is 35.4 Å². The highest BCUT2D eigenvalue weighted by Crippen LogP contribution is 2.11. The molecule has 0 fully saturated rings. The van der Waals surface area contributed by atoms with Crippen molar-refractivity contribution in [2.75, 3.05) is 52.6 Å². The van der Waals surface area contributed by atoms with Crippen LogP contribution in [-0.2, 0) is 13.1 Å². The largest absolute Gasteiger partial charge is 0.395 e. The zero-order valence-corrected chi connectivity index (χ0v) is 13.1. The van der Waals surface area contributed by atoms with E-state index in [1.54, 1.807) is 0 Å². The molecule has 1 aromatic rings. The number of aliphatic hydroxyl groups is 4. The summed E-state index contributed by atoms with van der Waals surface area (Å²) in [5, 5.41) is 36.2. The minimum Gasteiger partial charge on any atom is -0.395 e. The van der Waals surface area contributed by atoms with Gasteiger partial charge in [0.1, 0.15) is 0 Å². The summed E-state index contributed by atoms with van der Waals surface area (Å²) < 4.78 is 0. The molecule has 0 atom stereocenters. The summed E-state index contributed by atoms with van der Waals surface area (Å²) in [6, 6.07) is 8.11. The third-order valence-electron chi connectivity index (χ3n) is 3.47. The average molecular weight is 312 g/mol. The van der Waals surface area contributed by atoms with Gasteiger partial charge in [-0.05, 0) is 11.1 Å². The van der Waals surface area contributed by atoms with Crippen molar-refractivity contribution in [3.8, 4) is 0 Å². The Morgan fingerprint density at radius 2 is 1.00 bits per heavy atom. The Bertz CT molecular complexity index is 358. The molecule has 0 saturated heterocycles. The SMILES string of the molecule is OCCN(CCO)Cc1cccc(CN(CCO)CCO)c1. The third kappa shape index (κ3) is 7.31. The Morgan fingerprint density at radius 1 is 0.636 bits per heavy atom. The summed E-state index contributed by atoms with van der Waals surface area (Å²) in [6.45, 7) is 3.77. The van der Waals surface area contributed by atoms with Gasteiger partial charge in [0.05, 0.1) is 26.4 Å². The molecule has 0 heterocycles. The first-order chi connectivity index (χ1) is 10.7. The van der Waals surface area contributed by atoms with E-state index in [2.05, 4.69) is 6.07 Å². The molecule has 0 unspecified atom stereocenters. The molecule has 0 aliphatic rings. The molecule has 0 radical (unpaired) electrons. The predicted octanol–water partition coefficient (Wildman–Crippen LogP) is -0.740. The summed E-state index contributed by atoms with van der Waals surface area (Å²) in [5.41, 5.74) is 2.24. The van der Waals surface area contributed by atoms with Crippen LogP contribution in [0, 0.1) is 0 Å². The van der Waals surface area contributed by atoms with Crippen molar-refractivity contribution in [3.63, 3.8) is 0 Å². The lowest BCUT2D eigenvalue weighted by molar-refractivity contribution is 0.154. The monoisotopic (exact) mass is 312 g/mol. The highest BCUT2D eigenvalue weighted by atomic mass is 16.3. The molecule has 1 aromatic carbocycles. The molecule has 22 heavy (non-hydrogen) atoms.